The zero-order chi connectivity index (χ0) is 12.3. The minimum absolute atomic E-state index is 0.0825. The van der Waals surface area contributed by atoms with E-state index in [1.54, 1.807) is 0 Å². The van der Waals surface area contributed by atoms with Gasteiger partial charge in [-0.2, -0.15) is 0 Å². The van der Waals surface area contributed by atoms with Crippen LogP contribution >= 0.6 is 0 Å². The van der Waals surface area contributed by atoms with E-state index in [-0.39, 0.29) is 11.6 Å². The van der Waals surface area contributed by atoms with Gasteiger partial charge < -0.3 is 11.5 Å². The van der Waals surface area contributed by atoms with Gasteiger partial charge in [0.25, 0.3) is 0 Å². The summed E-state index contributed by atoms with van der Waals surface area (Å²) in [5.41, 5.74) is 13.1. The maximum atomic E-state index is 6.87. The molecule has 100 valence electrons. The predicted molar refractivity (Wildman–Crippen MR) is 73.7 cm³/mol. The van der Waals surface area contributed by atoms with E-state index in [4.69, 9.17) is 11.5 Å². The normalized spacial score (nSPS) is 27.0. The smallest absolute Gasteiger partial charge is 0.0362 e. The molecule has 0 heterocycles. The summed E-state index contributed by atoms with van der Waals surface area (Å²) in [6.45, 7) is 2.14. The molecular formula is C15H30N2. The maximum absolute atomic E-state index is 6.87. The van der Waals surface area contributed by atoms with Crippen molar-refractivity contribution < 1.29 is 0 Å². The molecule has 2 aliphatic rings. The SMILES string of the molecule is CC(N)C(N)(C1CCCCC1)C1CCCCC1. The Bertz CT molecular complexity index is 207. The van der Waals surface area contributed by atoms with Crippen LogP contribution in [0, 0.1) is 11.8 Å². The van der Waals surface area contributed by atoms with Crippen LogP contribution in [-0.2, 0) is 0 Å². The van der Waals surface area contributed by atoms with E-state index in [9.17, 15) is 0 Å². The minimum atomic E-state index is -0.0825. The second-order valence-electron chi connectivity index (χ2n) is 6.46. The van der Waals surface area contributed by atoms with Crippen LogP contribution in [0.25, 0.3) is 0 Å². The average Bonchev–Trinajstić information content (AvgIpc) is 2.39. The van der Waals surface area contributed by atoms with Crippen molar-refractivity contribution in [3.8, 4) is 0 Å². The number of hydrogen-bond acceptors (Lipinski definition) is 2. The molecule has 0 aromatic carbocycles. The van der Waals surface area contributed by atoms with Gasteiger partial charge in [0.2, 0.25) is 0 Å². The highest BCUT2D eigenvalue weighted by Gasteiger charge is 2.44. The summed E-state index contributed by atoms with van der Waals surface area (Å²) in [4.78, 5) is 0. The average molecular weight is 238 g/mol. The van der Waals surface area contributed by atoms with Crippen molar-refractivity contribution in [3.05, 3.63) is 0 Å². The fourth-order valence-electron chi connectivity index (χ4n) is 4.28. The van der Waals surface area contributed by atoms with Crippen molar-refractivity contribution in [2.24, 2.45) is 23.3 Å². The molecule has 0 bridgehead atoms. The standard InChI is InChI=1S/C15H30N2/c1-12(16)15(17,13-8-4-2-5-9-13)14-10-6-3-7-11-14/h12-14H,2-11,16-17H2,1H3. The largest absolute Gasteiger partial charge is 0.326 e. The Balaban J connectivity index is 2.11. The number of nitrogens with two attached hydrogens (primary N) is 2. The molecule has 0 aliphatic heterocycles. The molecule has 1 atom stereocenters. The van der Waals surface area contributed by atoms with Crippen molar-refractivity contribution in [2.75, 3.05) is 0 Å². The van der Waals surface area contributed by atoms with Crippen LogP contribution in [0.15, 0.2) is 0 Å². The Morgan fingerprint density at radius 3 is 1.47 bits per heavy atom. The highest BCUT2D eigenvalue weighted by molar-refractivity contribution is 5.03. The second kappa shape index (κ2) is 5.71. The fraction of sp³-hybridized carbons (Fsp3) is 1.00. The van der Waals surface area contributed by atoms with Gasteiger partial charge >= 0.3 is 0 Å². The summed E-state index contributed by atoms with van der Waals surface area (Å²) >= 11 is 0. The van der Waals surface area contributed by atoms with Gasteiger partial charge in [-0.05, 0) is 44.4 Å². The molecule has 2 heteroatoms. The van der Waals surface area contributed by atoms with Gasteiger partial charge in [-0.1, -0.05) is 38.5 Å². The Hall–Kier alpha value is -0.0800. The first kappa shape index (κ1) is 13.4. The van der Waals surface area contributed by atoms with Gasteiger partial charge in [-0.3, -0.25) is 0 Å². The molecule has 0 saturated heterocycles. The lowest BCUT2D eigenvalue weighted by atomic mass is 9.62. The Labute approximate surface area is 107 Å². The van der Waals surface area contributed by atoms with Crippen LogP contribution in [0.5, 0.6) is 0 Å². The summed E-state index contributed by atoms with van der Waals surface area (Å²) in [5, 5.41) is 0. The molecule has 2 nitrogen and oxygen atoms in total. The van der Waals surface area contributed by atoms with Crippen molar-refractivity contribution in [3.63, 3.8) is 0 Å². The number of hydrogen-bond donors (Lipinski definition) is 2. The van der Waals surface area contributed by atoms with Crippen LogP contribution in [0.1, 0.15) is 71.1 Å². The van der Waals surface area contributed by atoms with E-state index in [0.717, 1.165) is 0 Å². The third-order valence-electron chi connectivity index (χ3n) is 5.41. The molecule has 0 amide bonds. The Kier molecular flexibility index (Phi) is 4.48. The van der Waals surface area contributed by atoms with Crippen LogP contribution in [0.2, 0.25) is 0 Å². The van der Waals surface area contributed by atoms with Crippen LogP contribution in [0.3, 0.4) is 0 Å². The van der Waals surface area contributed by atoms with Crippen molar-refractivity contribution in [1.82, 2.24) is 0 Å². The molecule has 17 heavy (non-hydrogen) atoms. The summed E-state index contributed by atoms with van der Waals surface area (Å²) in [5.74, 6) is 1.36. The first-order chi connectivity index (χ1) is 8.15. The summed E-state index contributed by atoms with van der Waals surface area (Å²) in [7, 11) is 0. The van der Waals surface area contributed by atoms with Crippen molar-refractivity contribution in [2.45, 2.75) is 82.7 Å². The van der Waals surface area contributed by atoms with Crippen molar-refractivity contribution >= 4 is 0 Å². The van der Waals surface area contributed by atoms with Gasteiger partial charge in [-0.15, -0.1) is 0 Å². The Morgan fingerprint density at radius 1 is 0.824 bits per heavy atom. The molecule has 2 saturated carbocycles. The topological polar surface area (TPSA) is 52.0 Å². The maximum Gasteiger partial charge on any atom is 0.0362 e. The van der Waals surface area contributed by atoms with Crippen LogP contribution < -0.4 is 11.5 Å². The molecule has 2 fully saturated rings. The van der Waals surface area contributed by atoms with E-state index in [1.165, 1.54) is 64.2 Å². The van der Waals surface area contributed by atoms with Gasteiger partial charge in [-0.25, -0.2) is 0 Å². The molecule has 1 unspecified atom stereocenters. The van der Waals surface area contributed by atoms with Crippen molar-refractivity contribution in [1.29, 1.82) is 0 Å². The quantitative estimate of drug-likeness (QED) is 0.793. The second-order valence-corrected chi connectivity index (χ2v) is 6.46. The van der Waals surface area contributed by atoms with E-state index in [1.807, 2.05) is 0 Å². The molecule has 2 aliphatic carbocycles. The Morgan fingerprint density at radius 2 is 1.18 bits per heavy atom. The lowest BCUT2D eigenvalue weighted by molar-refractivity contribution is 0.0858. The van der Waals surface area contributed by atoms with Crippen LogP contribution in [0.4, 0.5) is 0 Å². The van der Waals surface area contributed by atoms with E-state index < -0.39 is 0 Å². The molecule has 0 aromatic heterocycles. The lowest BCUT2D eigenvalue weighted by Crippen LogP contribution is -2.64. The highest BCUT2D eigenvalue weighted by Crippen LogP contribution is 2.42. The molecule has 0 radical (unpaired) electrons. The van der Waals surface area contributed by atoms with Crippen LogP contribution in [-0.4, -0.2) is 11.6 Å². The first-order valence-electron chi connectivity index (χ1n) is 7.70. The lowest BCUT2D eigenvalue weighted by Gasteiger charge is -2.49. The third-order valence-corrected chi connectivity index (χ3v) is 5.41. The van der Waals surface area contributed by atoms with Gasteiger partial charge in [0.05, 0.1) is 0 Å². The van der Waals surface area contributed by atoms with E-state index in [0.29, 0.717) is 11.8 Å². The van der Waals surface area contributed by atoms with Gasteiger partial charge in [0.1, 0.15) is 0 Å². The monoisotopic (exact) mass is 238 g/mol. The predicted octanol–water partition coefficient (Wildman–Crippen LogP) is 3.19. The highest BCUT2D eigenvalue weighted by atomic mass is 14.9. The first-order valence-corrected chi connectivity index (χ1v) is 7.70. The summed E-state index contributed by atoms with van der Waals surface area (Å²) in [6, 6.07) is 0.147. The summed E-state index contributed by atoms with van der Waals surface area (Å²) < 4.78 is 0. The fourth-order valence-corrected chi connectivity index (χ4v) is 4.28. The third kappa shape index (κ3) is 2.68. The zero-order valence-corrected chi connectivity index (χ0v) is 11.5. The van der Waals surface area contributed by atoms with E-state index >= 15 is 0 Å². The molecule has 0 aromatic rings. The summed E-state index contributed by atoms with van der Waals surface area (Å²) in [6.07, 6.45) is 13.5. The molecule has 0 spiro atoms. The molecule has 4 N–H and O–H groups in total. The number of rotatable bonds is 3. The van der Waals surface area contributed by atoms with E-state index in [2.05, 4.69) is 6.92 Å². The van der Waals surface area contributed by atoms with Gasteiger partial charge in [0.15, 0.2) is 0 Å². The zero-order valence-electron chi connectivity index (χ0n) is 11.5. The minimum Gasteiger partial charge on any atom is -0.326 e. The van der Waals surface area contributed by atoms with Gasteiger partial charge in [0, 0.05) is 11.6 Å². The molecule has 2 rings (SSSR count). The molecular weight excluding hydrogens is 208 g/mol.